The third-order valence-corrected chi connectivity index (χ3v) is 5.98. The minimum atomic E-state index is -3.61. The Morgan fingerprint density at radius 1 is 1.05 bits per heavy atom. The highest BCUT2D eigenvalue weighted by Gasteiger charge is 2.23. The quantitative estimate of drug-likeness (QED) is 0.803. The summed E-state index contributed by atoms with van der Waals surface area (Å²) in [6, 6.07) is 11.9. The maximum atomic E-state index is 12.7. The largest absolute Gasteiger partial charge is 0.454 e. The zero-order chi connectivity index (χ0) is 15.7. The molecule has 0 unspecified atom stereocenters. The number of rotatable bonds is 4. The van der Waals surface area contributed by atoms with E-state index in [0.717, 1.165) is 4.90 Å². The summed E-state index contributed by atoms with van der Waals surface area (Å²) >= 11 is 1.57. The lowest BCUT2D eigenvalue weighted by Crippen LogP contribution is -2.26. The lowest BCUT2D eigenvalue weighted by Gasteiger charge is -2.20. The predicted molar refractivity (Wildman–Crippen MR) is 86.4 cm³/mol. The van der Waals surface area contributed by atoms with Gasteiger partial charge in [-0.15, -0.1) is 11.8 Å². The fourth-order valence-corrected chi connectivity index (χ4v) is 3.72. The van der Waals surface area contributed by atoms with Gasteiger partial charge >= 0.3 is 0 Å². The van der Waals surface area contributed by atoms with Crippen molar-refractivity contribution in [1.82, 2.24) is 0 Å². The van der Waals surface area contributed by atoms with Crippen molar-refractivity contribution in [3.05, 3.63) is 42.5 Å². The van der Waals surface area contributed by atoms with E-state index in [2.05, 4.69) is 0 Å². The SMILES string of the molecule is CSc1ccc(S(=O)(=O)N(C)c2ccc3c(c2)OCO3)cc1. The van der Waals surface area contributed by atoms with Gasteiger partial charge in [-0.05, 0) is 42.7 Å². The van der Waals surface area contributed by atoms with Crippen LogP contribution in [0.1, 0.15) is 0 Å². The van der Waals surface area contributed by atoms with Crippen LogP contribution in [0.5, 0.6) is 11.5 Å². The highest BCUT2D eigenvalue weighted by Crippen LogP contribution is 2.36. The number of thioether (sulfide) groups is 1. The van der Waals surface area contributed by atoms with E-state index in [4.69, 9.17) is 9.47 Å². The van der Waals surface area contributed by atoms with Gasteiger partial charge in [-0.3, -0.25) is 4.31 Å². The number of nitrogens with zero attached hydrogens (tertiary/aromatic N) is 1. The minimum absolute atomic E-state index is 0.158. The third kappa shape index (κ3) is 2.62. The number of benzene rings is 2. The van der Waals surface area contributed by atoms with Crippen LogP contribution < -0.4 is 13.8 Å². The third-order valence-electron chi connectivity index (χ3n) is 3.44. The van der Waals surface area contributed by atoms with Gasteiger partial charge in [0, 0.05) is 18.0 Å². The summed E-state index contributed by atoms with van der Waals surface area (Å²) < 4.78 is 37.1. The molecule has 0 amide bonds. The first kappa shape index (κ1) is 15.1. The molecule has 0 saturated carbocycles. The van der Waals surface area contributed by atoms with E-state index in [9.17, 15) is 8.42 Å². The summed E-state index contributed by atoms with van der Waals surface area (Å²) in [7, 11) is -2.08. The maximum Gasteiger partial charge on any atom is 0.264 e. The molecular weight excluding hydrogens is 322 g/mol. The van der Waals surface area contributed by atoms with Crippen molar-refractivity contribution >= 4 is 27.5 Å². The summed E-state index contributed by atoms with van der Waals surface area (Å²) in [6.45, 7) is 0.158. The van der Waals surface area contributed by atoms with Gasteiger partial charge < -0.3 is 9.47 Å². The zero-order valence-corrected chi connectivity index (χ0v) is 13.8. The van der Waals surface area contributed by atoms with Gasteiger partial charge in [-0.1, -0.05) is 0 Å². The molecule has 0 N–H and O–H groups in total. The van der Waals surface area contributed by atoms with E-state index >= 15 is 0 Å². The Bertz CT molecular complexity index is 788. The van der Waals surface area contributed by atoms with Crippen LogP contribution in [0.4, 0.5) is 5.69 Å². The Hall–Kier alpha value is -1.86. The lowest BCUT2D eigenvalue weighted by molar-refractivity contribution is 0.174. The molecule has 2 aromatic carbocycles. The molecule has 116 valence electrons. The van der Waals surface area contributed by atoms with Crippen molar-refractivity contribution in [3.63, 3.8) is 0 Å². The maximum absolute atomic E-state index is 12.7. The first-order chi connectivity index (χ1) is 10.5. The number of ether oxygens (including phenoxy) is 2. The van der Waals surface area contributed by atoms with Gasteiger partial charge in [-0.2, -0.15) is 0 Å². The predicted octanol–water partition coefficient (Wildman–Crippen LogP) is 2.96. The standard InChI is InChI=1S/C15H15NO4S2/c1-16(11-3-8-14-15(9-11)20-10-19-14)22(17,18)13-6-4-12(21-2)5-7-13/h3-9H,10H2,1-2H3. The number of sulfonamides is 1. The summed E-state index contributed by atoms with van der Waals surface area (Å²) in [5.41, 5.74) is 0.526. The highest BCUT2D eigenvalue weighted by molar-refractivity contribution is 7.98. The molecule has 0 aliphatic carbocycles. The van der Waals surface area contributed by atoms with E-state index in [1.54, 1.807) is 54.2 Å². The lowest BCUT2D eigenvalue weighted by atomic mass is 10.3. The summed E-state index contributed by atoms with van der Waals surface area (Å²) in [5, 5.41) is 0. The summed E-state index contributed by atoms with van der Waals surface area (Å²) in [4.78, 5) is 1.27. The van der Waals surface area contributed by atoms with Crippen LogP contribution in [0.3, 0.4) is 0 Å². The zero-order valence-electron chi connectivity index (χ0n) is 12.1. The first-order valence-electron chi connectivity index (χ1n) is 6.55. The number of hydrogen-bond donors (Lipinski definition) is 0. The van der Waals surface area contributed by atoms with Crippen molar-refractivity contribution in [2.75, 3.05) is 24.4 Å². The van der Waals surface area contributed by atoms with Gasteiger partial charge in [0.1, 0.15) is 0 Å². The second-order valence-corrected chi connectivity index (χ2v) is 7.53. The van der Waals surface area contributed by atoms with Gasteiger partial charge in [0.15, 0.2) is 11.5 Å². The minimum Gasteiger partial charge on any atom is -0.454 e. The average molecular weight is 337 g/mol. The molecule has 0 spiro atoms. The molecule has 0 aromatic heterocycles. The molecule has 0 radical (unpaired) electrons. The fraction of sp³-hybridized carbons (Fsp3) is 0.200. The molecule has 1 aliphatic heterocycles. The fourth-order valence-electron chi connectivity index (χ4n) is 2.13. The Balaban J connectivity index is 1.93. The Morgan fingerprint density at radius 2 is 1.73 bits per heavy atom. The molecular formula is C15H15NO4S2. The highest BCUT2D eigenvalue weighted by atomic mass is 32.2. The van der Waals surface area contributed by atoms with Crippen LogP contribution in [0, 0.1) is 0 Å². The van der Waals surface area contributed by atoms with E-state index in [1.165, 1.54) is 11.4 Å². The monoisotopic (exact) mass is 337 g/mol. The molecule has 7 heteroatoms. The van der Waals surface area contributed by atoms with Crippen LogP contribution in [0.2, 0.25) is 0 Å². The summed E-state index contributed by atoms with van der Waals surface area (Å²) in [5.74, 6) is 1.18. The molecule has 3 rings (SSSR count). The normalized spacial score (nSPS) is 13.2. The van der Waals surface area contributed by atoms with Gasteiger partial charge in [0.2, 0.25) is 6.79 Å². The van der Waals surface area contributed by atoms with Crippen molar-refractivity contribution in [1.29, 1.82) is 0 Å². The number of fused-ring (bicyclic) bond motifs is 1. The molecule has 5 nitrogen and oxygen atoms in total. The van der Waals surface area contributed by atoms with Crippen molar-refractivity contribution < 1.29 is 17.9 Å². The Morgan fingerprint density at radius 3 is 2.41 bits per heavy atom. The van der Waals surface area contributed by atoms with Crippen molar-refractivity contribution in [3.8, 4) is 11.5 Å². The molecule has 0 bridgehead atoms. The number of anilines is 1. The van der Waals surface area contributed by atoms with E-state index in [1.807, 2.05) is 6.26 Å². The molecule has 0 saturated heterocycles. The Kier molecular flexibility index (Phi) is 3.92. The van der Waals surface area contributed by atoms with Crippen molar-refractivity contribution in [2.24, 2.45) is 0 Å². The van der Waals surface area contributed by atoms with E-state index < -0.39 is 10.0 Å². The Labute approximate surface area is 133 Å². The topological polar surface area (TPSA) is 55.8 Å². The van der Waals surface area contributed by atoms with Crippen LogP contribution in [-0.4, -0.2) is 28.5 Å². The van der Waals surface area contributed by atoms with Crippen LogP contribution >= 0.6 is 11.8 Å². The molecule has 0 atom stereocenters. The second kappa shape index (κ2) is 5.73. The molecule has 0 fully saturated rings. The van der Waals surface area contributed by atoms with Gasteiger partial charge in [0.25, 0.3) is 10.0 Å². The number of hydrogen-bond acceptors (Lipinski definition) is 5. The summed E-state index contributed by atoms with van der Waals surface area (Å²) in [6.07, 6.45) is 1.95. The van der Waals surface area contributed by atoms with Crippen molar-refractivity contribution in [2.45, 2.75) is 9.79 Å². The second-order valence-electron chi connectivity index (χ2n) is 4.69. The van der Waals surface area contributed by atoms with Crippen LogP contribution in [0.15, 0.2) is 52.3 Å². The first-order valence-corrected chi connectivity index (χ1v) is 9.21. The molecule has 1 aliphatic rings. The van der Waals surface area contributed by atoms with Crippen LogP contribution in [-0.2, 0) is 10.0 Å². The molecule has 2 aromatic rings. The molecule has 1 heterocycles. The average Bonchev–Trinajstić information content (AvgIpc) is 3.01. The van der Waals surface area contributed by atoms with E-state index in [-0.39, 0.29) is 11.7 Å². The van der Waals surface area contributed by atoms with Crippen LogP contribution in [0.25, 0.3) is 0 Å². The molecule has 22 heavy (non-hydrogen) atoms. The van der Waals surface area contributed by atoms with E-state index in [0.29, 0.717) is 17.2 Å². The van der Waals surface area contributed by atoms with Gasteiger partial charge in [0.05, 0.1) is 10.6 Å². The van der Waals surface area contributed by atoms with Gasteiger partial charge in [-0.25, -0.2) is 8.42 Å². The smallest absolute Gasteiger partial charge is 0.264 e.